The normalized spacial score (nSPS) is 21.4. The number of carbonyl (C=O) groups excluding carboxylic acids is 3. The highest BCUT2D eigenvalue weighted by Gasteiger charge is 2.48. The third-order valence-corrected chi connectivity index (χ3v) is 6.43. The predicted molar refractivity (Wildman–Crippen MR) is 109 cm³/mol. The highest BCUT2D eigenvalue weighted by atomic mass is 35.5. The Morgan fingerprint density at radius 2 is 1.79 bits per heavy atom. The second-order valence-corrected chi connectivity index (χ2v) is 8.18. The first kappa shape index (κ1) is 19.9. The van der Waals surface area contributed by atoms with Crippen LogP contribution in [0.3, 0.4) is 0 Å². The lowest BCUT2D eigenvalue weighted by molar-refractivity contribution is -0.142. The molecule has 2 heterocycles. The molecule has 1 aromatic carbocycles. The third kappa shape index (κ3) is 3.89. The van der Waals surface area contributed by atoms with Crippen molar-refractivity contribution in [2.75, 3.05) is 11.9 Å². The molecule has 2 aromatic rings. The van der Waals surface area contributed by atoms with Crippen molar-refractivity contribution >= 4 is 46.7 Å². The second-order valence-electron chi connectivity index (χ2n) is 7.40. The third-order valence-electron chi connectivity index (χ3n) is 5.57. The number of halogens is 2. The van der Waals surface area contributed by atoms with Gasteiger partial charge in [0.05, 0.1) is 34.6 Å². The van der Waals surface area contributed by atoms with Crippen molar-refractivity contribution in [3.63, 3.8) is 0 Å². The van der Waals surface area contributed by atoms with Crippen LogP contribution < -0.4 is 5.32 Å². The minimum atomic E-state index is -0.440. The molecule has 1 aliphatic heterocycles. The maximum absolute atomic E-state index is 12.5. The number of nitrogens with one attached hydrogen (secondary N) is 1. The SMILES string of the molecule is O=C(CN1C(=O)[C@@H]2CCCC[C@H]2C1=O)Nc1ccnn1Cc1cccc(Cl)c1Cl. The van der Waals surface area contributed by atoms with Crippen LogP contribution in [-0.2, 0) is 20.9 Å². The molecule has 152 valence electrons. The minimum Gasteiger partial charge on any atom is -0.309 e. The number of rotatable bonds is 5. The molecular formula is C20H20Cl2N4O3. The maximum Gasteiger partial charge on any atom is 0.245 e. The van der Waals surface area contributed by atoms with E-state index < -0.39 is 5.91 Å². The quantitative estimate of drug-likeness (QED) is 0.731. The van der Waals surface area contributed by atoms with E-state index >= 15 is 0 Å². The van der Waals surface area contributed by atoms with Crippen LogP contribution in [0.2, 0.25) is 10.0 Å². The van der Waals surface area contributed by atoms with Gasteiger partial charge in [0, 0.05) is 6.07 Å². The van der Waals surface area contributed by atoms with Gasteiger partial charge in [-0.05, 0) is 24.5 Å². The van der Waals surface area contributed by atoms with Gasteiger partial charge in [-0.1, -0.05) is 48.2 Å². The lowest BCUT2D eigenvalue weighted by Gasteiger charge is -2.19. The zero-order valence-corrected chi connectivity index (χ0v) is 17.1. The smallest absolute Gasteiger partial charge is 0.245 e. The number of hydrogen-bond acceptors (Lipinski definition) is 4. The van der Waals surface area contributed by atoms with Crippen molar-refractivity contribution in [1.29, 1.82) is 0 Å². The Hall–Kier alpha value is -2.38. The van der Waals surface area contributed by atoms with Crippen LogP contribution in [0.25, 0.3) is 0 Å². The topological polar surface area (TPSA) is 84.3 Å². The summed E-state index contributed by atoms with van der Waals surface area (Å²) in [5, 5.41) is 7.81. The van der Waals surface area contributed by atoms with E-state index in [1.165, 1.54) is 0 Å². The summed E-state index contributed by atoms with van der Waals surface area (Å²) in [6.07, 6.45) is 4.90. The summed E-state index contributed by atoms with van der Waals surface area (Å²) >= 11 is 12.3. The Morgan fingerprint density at radius 1 is 1.10 bits per heavy atom. The lowest BCUT2D eigenvalue weighted by Crippen LogP contribution is -2.38. The van der Waals surface area contributed by atoms with Crippen LogP contribution >= 0.6 is 23.2 Å². The van der Waals surface area contributed by atoms with Crippen LogP contribution in [0.15, 0.2) is 30.5 Å². The molecule has 1 aliphatic carbocycles. The lowest BCUT2D eigenvalue weighted by atomic mass is 9.81. The fourth-order valence-electron chi connectivity index (χ4n) is 4.11. The number of carbonyl (C=O) groups is 3. The average Bonchev–Trinajstić information content (AvgIpc) is 3.24. The number of hydrogen-bond donors (Lipinski definition) is 1. The van der Waals surface area contributed by atoms with Gasteiger partial charge >= 0.3 is 0 Å². The van der Waals surface area contributed by atoms with Crippen molar-refractivity contribution in [2.24, 2.45) is 11.8 Å². The number of likely N-dealkylation sites (tertiary alicyclic amines) is 1. The van der Waals surface area contributed by atoms with Gasteiger partial charge in [-0.15, -0.1) is 0 Å². The number of nitrogens with zero attached hydrogens (tertiary/aromatic N) is 3. The summed E-state index contributed by atoms with van der Waals surface area (Å²) in [6, 6.07) is 6.95. The van der Waals surface area contributed by atoms with Crippen molar-refractivity contribution in [2.45, 2.75) is 32.2 Å². The highest BCUT2D eigenvalue weighted by Crippen LogP contribution is 2.37. The Kier molecular flexibility index (Phi) is 5.61. The molecule has 1 saturated carbocycles. The molecule has 0 spiro atoms. The molecule has 29 heavy (non-hydrogen) atoms. The molecule has 0 radical (unpaired) electrons. The average molecular weight is 435 g/mol. The molecule has 9 heteroatoms. The van der Waals surface area contributed by atoms with E-state index in [0.29, 0.717) is 22.4 Å². The van der Waals surface area contributed by atoms with Gasteiger partial charge in [0.15, 0.2) is 0 Å². The van der Waals surface area contributed by atoms with Gasteiger partial charge in [0.2, 0.25) is 17.7 Å². The number of imide groups is 1. The van der Waals surface area contributed by atoms with Crippen LogP contribution in [0.5, 0.6) is 0 Å². The van der Waals surface area contributed by atoms with Gasteiger partial charge in [-0.25, -0.2) is 4.68 Å². The number of amides is 3. The first-order valence-electron chi connectivity index (χ1n) is 9.55. The first-order valence-corrected chi connectivity index (χ1v) is 10.3. The van der Waals surface area contributed by atoms with Crippen molar-refractivity contribution in [3.05, 3.63) is 46.1 Å². The Bertz CT molecular complexity index is 950. The monoisotopic (exact) mass is 434 g/mol. The molecule has 3 amide bonds. The molecule has 2 aliphatic rings. The van der Waals surface area contributed by atoms with Crippen LogP contribution in [0.1, 0.15) is 31.2 Å². The van der Waals surface area contributed by atoms with Crippen LogP contribution in [0, 0.1) is 11.8 Å². The summed E-state index contributed by atoms with van der Waals surface area (Å²) in [5.74, 6) is -0.978. The molecule has 1 N–H and O–H groups in total. The zero-order valence-electron chi connectivity index (χ0n) is 15.6. The van der Waals surface area contributed by atoms with Crippen LogP contribution in [-0.4, -0.2) is 38.9 Å². The largest absolute Gasteiger partial charge is 0.309 e. The summed E-state index contributed by atoms with van der Waals surface area (Å²) in [5.41, 5.74) is 0.757. The number of anilines is 1. The molecule has 2 atom stereocenters. The number of benzene rings is 1. The van der Waals surface area contributed by atoms with E-state index in [1.807, 2.05) is 6.07 Å². The van der Waals surface area contributed by atoms with Gasteiger partial charge in [0.25, 0.3) is 0 Å². The van der Waals surface area contributed by atoms with Gasteiger partial charge in [-0.2, -0.15) is 5.10 Å². The van der Waals surface area contributed by atoms with E-state index in [4.69, 9.17) is 23.2 Å². The minimum absolute atomic E-state index is 0.228. The van der Waals surface area contributed by atoms with E-state index in [2.05, 4.69) is 10.4 Å². The molecule has 7 nitrogen and oxygen atoms in total. The molecule has 0 bridgehead atoms. The Morgan fingerprint density at radius 3 is 2.48 bits per heavy atom. The molecule has 4 rings (SSSR count). The van der Waals surface area contributed by atoms with Crippen LogP contribution in [0.4, 0.5) is 5.82 Å². The van der Waals surface area contributed by atoms with E-state index in [-0.39, 0.29) is 30.2 Å². The first-order chi connectivity index (χ1) is 14.0. The summed E-state index contributed by atoms with van der Waals surface area (Å²) in [6.45, 7) is 0.0293. The molecule has 1 aromatic heterocycles. The van der Waals surface area contributed by atoms with Gasteiger partial charge in [-0.3, -0.25) is 19.3 Å². The summed E-state index contributed by atoms with van der Waals surface area (Å²) in [4.78, 5) is 38.7. The van der Waals surface area contributed by atoms with Crippen molar-refractivity contribution < 1.29 is 14.4 Å². The predicted octanol–water partition coefficient (Wildman–Crippen LogP) is 3.35. The fraction of sp³-hybridized carbons (Fsp3) is 0.400. The van der Waals surface area contributed by atoms with E-state index in [1.54, 1.807) is 29.1 Å². The highest BCUT2D eigenvalue weighted by molar-refractivity contribution is 6.42. The number of fused-ring (bicyclic) bond motifs is 1. The summed E-state index contributed by atoms with van der Waals surface area (Å²) in [7, 11) is 0. The molecule has 2 fully saturated rings. The Balaban J connectivity index is 1.43. The number of aromatic nitrogens is 2. The molecular weight excluding hydrogens is 415 g/mol. The van der Waals surface area contributed by atoms with Gasteiger partial charge < -0.3 is 5.32 Å². The Labute approximate surface area is 177 Å². The van der Waals surface area contributed by atoms with Crippen molar-refractivity contribution in [1.82, 2.24) is 14.7 Å². The standard InChI is InChI=1S/C20H20Cl2N4O3/c21-15-7-3-4-12(18(15)22)10-26-16(8-9-23-26)24-17(27)11-25-19(28)13-5-1-2-6-14(13)20(25)29/h3-4,7-9,13-14H,1-2,5-6,10-11H2,(H,24,27)/t13-,14-/m1/s1. The maximum atomic E-state index is 12.5. The van der Waals surface area contributed by atoms with Crippen molar-refractivity contribution in [3.8, 4) is 0 Å². The summed E-state index contributed by atoms with van der Waals surface area (Å²) < 4.78 is 1.57. The van der Waals surface area contributed by atoms with E-state index in [0.717, 1.165) is 36.1 Å². The molecule has 0 unspecified atom stereocenters. The fourth-order valence-corrected chi connectivity index (χ4v) is 4.49. The van der Waals surface area contributed by atoms with Gasteiger partial charge in [0.1, 0.15) is 12.4 Å². The molecule has 1 saturated heterocycles. The zero-order chi connectivity index (χ0) is 20.5. The second kappa shape index (κ2) is 8.16. The van der Waals surface area contributed by atoms with E-state index in [9.17, 15) is 14.4 Å².